The van der Waals surface area contributed by atoms with E-state index in [1.54, 1.807) is 0 Å². The third-order valence-corrected chi connectivity index (χ3v) is 7.68. The van der Waals surface area contributed by atoms with Gasteiger partial charge in [-0.1, -0.05) is 73.7 Å². The van der Waals surface area contributed by atoms with Crippen LogP contribution in [-0.2, 0) is 35.5 Å². The Morgan fingerprint density at radius 1 is 1.02 bits per heavy atom. The molecule has 0 spiro atoms. The van der Waals surface area contributed by atoms with Gasteiger partial charge in [0.1, 0.15) is 11.4 Å². The minimum atomic E-state index is -0.303. The maximum absolute atomic E-state index is 13.5. The van der Waals surface area contributed by atoms with Crippen molar-refractivity contribution in [2.24, 2.45) is 0 Å². The van der Waals surface area contributed by atoms with Gasteiger partial charge in [-0.25, -0.2) is 4.79 Å². The van der Waals surface area contributed by atoms with Crippen LogP contribution in [0.1, 0.15) is 47.7 Å². The van der Waals surface area contributed by atoms with E-state index in [1.165, 1.54) is 0 Å². The first kappa shape index (κ1) is 26.8. The molecule has 0 bridgehead atoms. The Balaban J connectivity index is 1.42. The number of hydrogen-bond acceptors (Lipinski definition) is 5. The number of nitrogens with zero attached hydrogens (tertiary/aromatic N) is 2. The molecule has 2 aromatic heterocycles. The number of H-pyrrole nitrogens is 1. The molecular formula is C34H35N3O4. The first-order valence-electron chi connectivity index (χ1n) is 14.4. The van der Waals surface area contributed by atoms with Gasteiger partial charge in [-0.15, -0.1) is 0 Å². The zero-order valence-electron chi connectivity index (χ0n) is 23.6. The van der Waals surface area contributed by atoms with E-state index in [-0.39, 0.29) is 5.97 Å². The summed E-state index contributed by atoms with van der Waals surface area (Å²) in [5, 5.41) is 11.1. The van der Waals surface area contributed by atoms with E-state index in [0.29, 0.717) is 45.1 Å². The van der Waals surface area contributed by atoms with Gasteiger partial charge in [-0.2, -0.15) is 5.10 Å². The second-order valence-corrected chi connectivity index (χ2v) is 10.2. The van der Waals surface area contributed by atoms with Crippen LogP contribution in [-0.4, -0.2) is 40.6 Å². The summed E-state index contributed by atoms with van der Waals surface area (Å²) in [6, 6.07) is 20.7. The number of aromatic amines is 1. The molecule has 6 rings (SSSR count). The average Bonchev–Trinajstić information content (AvgIpc) is 3.54. The zero-order chi connectivity index (χ0) is 28.2. The summed E-state index contributed by atoms with van der Waals surface area (Å²) in [6.07, 6.45) is 6.29. The van der Waals surface area contributed by atoms with Crippen molar-refractivity contribution in [2.45, 2.75) is 46.3 Å². The number of carbonyl (C=O) groups is 1. The number of aromatic nitrogens is 3. The first-order chi connectivity index (χ1) is 20.2. The van der Waals surface area contributed by atoms with E-state index >= 15 is 0 Å². The van der Waals surface area contributed by atoms with Crippen molar-refractivity contribution in [3.8, 4) is 16.9 Å². The first-order valence-corrected chi connectivity index (χ1v) is 14.4. The van der Waals surface area contributed by atoms with Crippen LogP contribution in [0.5, 0.6) is 5.75 Å². The molecule has 3 aromatic carbocycles. The molecule has 0 saturated heterocycles. The second-order valence-electron chi connectivity index (χ2n) is 10.2. The van der Waals surface area contributed by atoms with Crippen LogP contribution in [0.25, 0.3) is 32.8 Å². The monoisotopic (exact) mass is 549 g/mol. The number of hydrogen-bond donors (Lipinski definition) is 1. The molecule has 7 heteroatoms. The van der Waals surface area contributed by atoms with E-state index in [0.717, 1.165) is 68.3 Å². The standard InChI is InChI=1S/C34H35N3O4/c1-3-28-31-27-16-10-15-25-26(17-11-21-41-30-18-9-13-23-12-5-6-14-24(23)30)33(34(38)40-4-2)37(32(25)27)19-7-8-20-39-22-29(31)36-35-28/h5-10,12-16,18H,3-4,11,17,19-22H2,1-2H3,(H,35,36)/b8-7-. The fraction of sp³-hybridized carbons (Fsp3) is 0.294. The Morgan fingerprint density at radius 3 is 2.73 bits per heavy atom. The van der Waals surface area contributed by atoms with E-state index in [1.807, 2.05) is 37.3 Å². The molecule has 0 atom stereocenters. The van der Waals surface area contributed by atoms with Crippen LogP contribution in [0.4, 0.5) is 0 Å². The zero-order valence-corrected chi connectivity index (χ0v) is 23.6. The molecule has 0 aliphatic carbocycles. The van der Waals surface area contributed by atoms with E-state index in [4.69, 9.17) is 14.2 Å². The molecule has 1 aliphatic heterocycles. The predicted octanol–water partition coefficient (Wildman–Crippen LogP) is 7.02. The van der Waals surface area contributed by atoms with Gasteiger partial charge in [0.25, 0.3) is 0 Å². The van der Waals surface area contributed by atoms with Crippen LogP contribution in [0.2, 0.25) is 0 Å². The molecule has 3 heterocycles. The van der Waals surface area contributed by atoms with Gasteiger partial charge in [0.05, 0.1) is 37.6 Å². The fourth-order valence-corrected chi connectivity index (χ4v) is 5.87. The highest BCUT2D eigenvalue weighted by molar-refractivity contribution is 6.05. The van der Waals surface area contributed by atoms with Gasteiger partial charge < -0.3 is 18.8 Å². The quantitative estimate of drug-likeness (QED) is 0.128. The Morgan fingerprint density at radius 2 is 1.85 bits per heavy atom. The Kier molecular flexibility index (Phi) is 7.87. The van der Waals surface area contributed by atoms with Gasteiger partial charge in [0.2, 0.25) is 0 Å². The van der Waals surface area contributed by atoms with Crippen molar-refractivity contribution in [3.63, 3.8) is 0 Å². The molecule has 0 unspecified atom stereocenters. The number of para-hydroxylation sites is 1. The number of nitrogens with one attached hydrogen (secondary N) is 1. The topological polar surface area (TPSA) is 78.4 Å². The molecule has 0 radical (unpaired) electrons. The molecule has 0 fully saturated rings. The van der Waals surface area contributed by atoms with Gasteiger partial charge in [-0.3, -0.25) is 5.10 Å². The number of esters is 1. The highest BCUT2D eigenvalue weighted by Crippen LogP contribution is 2.38. The predicted molar refractivity (Wildman–Crippen MR) is 161 cm³/mol. The lowest BCUT2D eigenvalue weighted by molar-refractivity contribution is 0.0513. The van der Waals surface area contributed by atoms with E-state index in [9.17, 15) is 4.79 Å². The summed E-state index contributed by atoms with van der Waals surface area (Å²) in [4.78, 5) is 13.5. The van der Waals surface area contributed by atoms with Gasteiger partial charge >= 0.3 is 5.97 Å². The lowest BCUT2D eigenvalue weighted by Crippen LogP contribution is -2.14. The van der Waals surface area contributed by atoms with Crippen molar-refractivity contribution in [1.82, 2.24) is 14.8 Å². The van der Waals surface area contributed by atoms with Crippen LogP contribution < -0.4 is 4.74 Å². The molecule has 1 N–H and O–H groups in total. The van der Waals surface area contributed by atoms with Crippen molar-refractivity contribution < 1.29 is 19.0 Å². The molecule has 0 amide bonds. The number of carbonyl (C=O) groups excluding carboxylic acids is 1. The molecule has 5 aromatic rings. The SMILES string of the molecule is CCOC(=O)c1c(CCCOc2cccc3ccccc23)c2cccc3c2n1C/C=C\COCc1n[nH]c(CC)c1-3. The summed E-state index contributed by atoms with van der Waals surface area (Å²) < 4.78 is 19.9. The summed E-state index contributed by atoms with van der Waals surface area (Å²) >= 11 is 0. The maximum atomic E-state index is 13.5. The lowest BCUT2D eigenvalue weighted by Gasteiger charge is -2.12. The Bertz CT molecular complexity index is 1720. The minimum Gasteiger partial charge on any atom is -0.493 e. The number of allylic oxidation sites excluding steroid dienone is 1. The van der Waals surface area contributed by atoms with Crippen LogP contribution in [0, 0.1) is 0 Å². The van der Waals surface area contributed by atoms with Crippen molar-refractivity contribution >= 4 is 27.6 Å². The van der Waals surface area contributed by atoms with Crippen molar-refractivity contribution in [2.75, 3.05) is 19.8 Å². The number of ether oxygens (including phenoxy) is 3. The molecule has 0 saturated carbocycles. The largest absolute Gasteiger partial charge is 0.493 e. The third-order valence-electron chi connectivity index (χ3n) is 7.68. The molecule has 7 nitrogen and oxygen atoms in total. The lowest BCUT2D eigenvalue weighted by atomic mass is 9.97. The van der Waals surface area contributed by atoms with Gasteiger partial charge in [-0.05, 0) is 43.2 Å². The van der Waals surface area contributed by atoms with Crippen molar-refractivity contribution in [3.05, 3.63) is 95.5 Å². The Hall–Kier alpha value is -4.36. The van der Waals surface area contributed by atoms with Gasteiger partial charge in [0.15, 0.2) is 0 Å². The second kappa shape index (κ2) is 12.0. The molecule has 1 aliphatic rings. The highest BCUT2D eigenvalue weighted by atomic mass is 16.5. The molecule has 41 heavy (non-hydrogen) atoms. The average molecular weight is 550 g/mol. The third kappa shape index (κ3) is 5.13. The van der Waals surface area contributed by atoms with Crippen LogP contribution >= 0.6 is 0 Å². The van der Waals surface area contributed by atoms with Crippen LogP contribution in [0.15, 0.2) is 72.8 Å². The Labute approximate surface area is 239 Å². The number of aryl methyl sites for hydroxylation is 2. The number of fused-ring (bicyclic) bond motifs is 3. The summed E-state index contributed by atoms with van der Waals surface area (Å²) in [7, 11) is 0. The maximum Gasteiger partial charge on any atom is 0.355 e. The van der Waals surface area contributed by atoms with E-state index < -0.39 is 0 Å². The molecular weight excluding hydrogens is 514 g/mol. The normalized spacial score (nSPS) is 14.0. The summed E-state index contributed by atoms with van der Waals surface area (Å²) in [5.41, 5.74) is 6.65. The van der Waals surface area contributed by atoms with Crippen molar-refractivity contribution in [1.29, 1.82) is 0 Å². The van der Waals surface area contributed by atoms with Crippen LogP contribution in [0.3, 0.4) is 0 Å². The van der Waals surface area contributed by atoms with Gasteiger partial charge in [0, 0.05) is 34.1 Å². The summed E-state index contributed by atoms with van der Waals surface area (Å²) in [5.74, 6) is 0.571. The highest BCUT2D eigenvalue weighted by Gasteiger charge is 2.27. The number of benzene rings is 3. The smallest absolute Gasteiger partial charge is 0.355 e. The summed E-state index contributed by atoms with van der Waals surface area (Å²) in [6.45, 7) is 6.23. The minimum absolute atomic E-state index is 0.303. The fourth-order valence-electron chi connectivity index (χ4n) is 5.87. The molecule has 210 valence electrons. The van der Waals surface area contributed by atoms with E-state index in [2.05, 4.69) is 64.2 Å². The number of rotatable bonds is 8.